The topological polar surface area (TPSA) is 84.3 Å². The highest BCUT2D eigenvalue weighted by Gasteiger charge is 2.40. The van der Waals surface area contributed by atoms with Crippen molar-refractivity contribution < 1.29 is 14.1 Å². The van der Waals surface area contributed by atoms with Crippen molar-refractivity contribution in [1.29, 1.82) is 0 Å². The predicted molar refractivity (Wildman–Crippen MR) is 76.5 cm³/mol. The lowest BCUT2D eigenvalue weighted by Gasteiger charge is -2.26. The van der Waals surface area contributed by atoms with Crippen molar-refractivity contribution in [2.45, 2.75) is 26.2 Å². The zero-order valence-corrected chi connectivity index (χ0v) is 11.8. The van der Waals surface area contributed by atoms with Gasteiger partial charge in [-0.05, 0) is 25.5 Å². The molecule has 0 saturated carbocycles. The van der Waals surface area contributed by atoms with E-state index in [1.165, 1.54) is 0 Å². The van der Waals surface area contributed by atoms with E-state index < -0.39 is 16.2 Å². The molecule has 1 fully saturated rings. The second kappa shape index (κ2) is 6.17. The first-order valence-corrected chi connectivity index (χ1v) is 6.94. The van der Waals surface area contributed by atoms with Crippen LogP contribution in [0.4, 0.5) is 15.8 Å². The number of hydrogen-bond donors (Lipinski definition) is 2. The Morgan fingerprint density at radius 1 is 1.57 bits per heavy atom. The van der Waals surface area contributed by atoms with Gasteiger partial charge in [-0.2, -0.15) is 0 Å². The number of non-ortho nitro benzene ring substituents is 1. The summed E-state index contributed by atoms with van der Waals surface area (Å²) in [6, 6.07) is 3.12. The summed E-state index contributed by atoms with van der Waals surface area (Å²) >= 11 is 0. The van der Waals surface area contributed by atoms with Gasteiger partial charge in [-0.1, -0.05) is 13.3 Å². The largest absolute Gasteiger partial charge is 0.323 e. The third-order valence-electron chi connectivity index (χ3n) is 3.86. The fourth-order valence-electron chi connectivity index (χ4n) is 2.72. The number of nitrogens with one attached hydrogen (secondary N) is 2. The number of halogens is 1. The molecule has 2 N–H and O–H groups in total. The van der Waals surface area contributed by atoms with Gasteiger partial charge in [0.25, 0.3) is 5.69 Å². The number of nitro benzene ring substituents is 1. The van der Waals surface area contributed by atoms with Gasteiger partial charge in [-0.3, -0.25) is 14.9 Å². The van der Waals surface area contributed by atoms with Crippen LogP contribution in [0.15, 0.2) is 18.2 Å². The van der Waals surface area contributed by atoms with Crippen molar-refractivity contribution in [3.63, 3.8) is 0 Å². The monoisotopic (exact) mass is 295 g/mol. The van der Waals surface area contributed by atoms with Crippen LogP contribution in [0.2, 0.25) is 0 Å². The van der Waals surface area contributed by atoms with E-state index in [0.717, 1.165) is 31.2 Å². The second-order valence-electron chi connectivity index (χ2n) is 5.33. The molecule has 1 aromatic carbocycles. The Morgan fingerprint density at radius 2 is 2.33 bits per heavy atom. The van der Waals surface area contributed by atoms with Crippen LogP contribution < -0.4 is 10.6 Å². The lowest BCUT2D eigenvalue weighted by molar-refractivity contribution is -0.384. The van der Waals surface area contributed by atoms with Crippen molar-refractivity contribution >= 4 is 17.3 Å². The van der Waals surface area contributed by atoms with E-state index in [2.05, 4.69) is 10.6 Å². The van der Waals surface area contributed by atoms with Crippen LogP contribution in [0.3, 0.4) is 0 Å². The number of hydrogen-bond acceptors (Lipinski definition) is 4. The van der Waals surface area contributed by atoms with Gasteiger partial charge in [-0.25, -0.2) is 4.39 Å². The molecule has 1 saturated heterocycles. The van der Waals surface area contributed by atoms with E-state index in [9.17, 15) is 19.3 Å². The molecule has 0 aromatic heterocycles. The average molecular weight is 295 g/mol. The van der Waals surface area contributed by atoms with Crippen LogP contribution in [0.1, 0.15) is 26.2 Å². The number of carbonyl (C=O) groups excluding carboxylic acids is 1. The zero-order chi connectivity index (χ0) is 15.5. The third-order valence-corrected chi connectivity index (χ3v) is 3.86. The third kappa shape index (κ3) is 3.18. The maximum atomic E-state index is 13.7. The van der Waals surface area contributed by atoms with E-state index in [0.29, 0.717) is 19.4 Å². The molecule has 0 aliphatic carbocycles. The number of anilines is 1. The van der Waals surface area contributed by atoms with Crippen LogP contribution in [-0.2, 0) is 4.79 Å². The predicted octanol–water partition coefficient (Wildman–Crippen LogP) is 2.45. The smallest absolute Gasteiger partial charge is 0.271 e. The Kier molecular flexibility index (Phi) is 4.52. The molecule has 1 aromatic rings. The summed E-state index contributed by atoms with van der Waals surface area (Å²) in [6.45, 7) is 3.27. The van der Waals surface area contributed by atoms with Gasteiger partial charge in [0.15, 0.2) is 0 Å². The highest BCUT2D eigenvalue weighted by molar-refractivity contribution is 5.96. The lowest BCUT2D eigenvalue weighted by Crippen LogP contribution is -2.38. The molecule has 2 rings (SSSR count). The minimum Gasteiger partial charge on any atom is -0.323 e. The summed E-state index contributed by atoms with van der Waals surface area (Å²) in [7, 11) is 0. The van der Waals surface area contributed by atoms with Crippen molar-refractivity contribution in [2.75, 3.05) is 18.4 Å². The Balaban J connectivity index is 2.22. The molecule has 1 heterocycles. The van der Waals surface area contributed by atoms with Gasteiger partial charge >= 0.3 is 0 Å². The molecular formula is C14H18FN3O3. The fourth-order valence-corrected chi connectivity index (χ4v) is 2.72. The first kappa shape index (κ1) is 15.4. The minimum absolute atomic E-state index is 0.142. The molecule has 1 aliphatic heterocycles. The Morgan fingerprint density at radius 3 is 2.90 bits per heavy atom. The highest BCUT2D eigenvalue weighted by atomic mass is 19.1. The second-order valence-corrected chi connectivity index (χ2v) is 5.33. The summed E-state index contributed by atoms with van der Waals surface area (Å²) in [5.41, 5.74) is -0.955. The van der Waals surface area contributed by atoms with Crippen molar-refractivity contribution in [3.05, 3.63) is 34.1 Å². The summed E-state index contributed by atoms with van der Waals surface area (Å²) in [5.74, 6) is -0.958. The number of nitro groups is 1. The molecule has 114 valence electrons. The number of nitrogens with zero attached hydrogens (tertiary/aromatic N) is 1. The molecule has 21 heavy (non-hydrogen) atoms. The van der Waals surface area contributed by atoms with Crippen LogP contribution >= 0.6 is 0 Å². The van der Waals surface area contributed by atoms with Gasteiger partial charge in [-0.15, -0.1) is 0 Å². The SMILES string of the molecule is CCCC1(C(=O)Nc2cc([N+](=O)[O-])ccc2F)CCNC1. The number of benzene rings is 1. The van der Waals surface area contributed by atoms with E-state index in [4.69, 9.17) is 0 Å². The zero-order valence-electron chi connectivity index (χ0n) is 11.8. The Bertz CT molecular complexity index is 556. The van der Waals surface area contributed by atoms with E-state index in [1.54, 1.807) is 0 Å². The normalized spacial score (nSPS) is 21.2. The molecule has 1 atom stereocenters. The van der Waals surface area contributed by atoms with Crippen LogP contribution in [0.5, 0.6) is 0 Å². The van der Waals surface area contributed by atoms with Crippen molar-refractivity contribution in [1.82, 2.24) is 5.32 Å². The molecule has 6 nitrogen and oxygen atoms in total. The first-order valence-electron chi connectivity index (χ1n) is 6.94. The summed E-state index contributed by atoms with van der Waals surface area (Å²) in [4.78, 5) is 22.6. The number of rotatable bonds is 5. The van der Waals surface area contributed by atoms with Gasteiger partial charge < -0.3 is 10.6 Å². The molecular weight excluding hydrogens is 277 g/mol. The van der Waals surface area contributed by atoms with E-state index in [-0.39, 0.29) is 17.3 Å². The van der Waals surface area contributed by atoms with Crippen molar-refractivity contribution in [3.8, 4) is 0 Å². The average Bonchev–Trinajstić information content (AvgIpc) is 2.91. The Labute approximate surface area is 121 Å². The molecule has 0 radical (unpaired) electrons. The Hall–Kier alpha value is -2.02. The molecule has 1 aliphatic rings. The van der Waals surface area contributed by atoms with E-state index in [1.807, 2.05) is 6.92 Å². The maximum Gasteiger partial charge on any atom is 0.271 e. The molecule has 0 bridgehead atoms. The molecule has 7 heteroatoms. The maximum absolute atomic E-state index is 13.7. The summed E-state index contributed by atoms with van der Waals surface area (Å²) < 4.78 is 13.7. The van der Waals surface area contributed by atoms with Gasteiger partial charge in [0.1, 0.15) is 5.82 Å². The van der Waals surface area contributed by atoms with Gasteiger partial charge in [0, 0.05) is 18.7 Å². The van der Waals surface area contributed by atoms with Gasteiger partial charge in [0.05, 0.1) is 16.0 Å². The molecule has 0 spiro atoms. The molecule has 1 amide bonds. The quantitative estimate of drug-likeness (QED) is 0.645. The minimum atomic E-state index is -0.674. The fraction of sp³-hybridized carbons (Fsp3) is 0.500. The number of carbonyl (C=O) groups is 1. The summed E-state index contributed by atoms with van der Waals surface area (Å²) in [5, 5.41) is 16.4. The highest BCUT2D eigenvalue weighted by Crippen LogP contribution is 2.33. The molecule has 1 unspecified atom stereocenters. The standard InChI is InChI=1S/C14H18FN3O3/c1-2-5-14(6-7-16-9-14)13(19)17-12-8-10(18(20)21)3-4-11(12)15/h3-4,8,16H,2,5-7,9H2,1H3,(H,17,19). The number of amides is 1. The lowest BCUT2D eigenvalue weighted by atomic mass is 9.81. The van der Waals surface area contributed by atoms with Crippen LogP contribution in [0.25, 0.3) is 0 Å². The summed E-state index contributed by atoms with van der Waals surface area (Å²) in [6.07, 6.45) is 2.22. The van der Waals surface area contributed by atoms with Gasteiger partial charge in [0.2, 0.25) is 5.91 Å². The van der Waals surface area contributed by atoms with Crippen LogP contribution in [-0.4, -0.2) is 23.9 Å². The van der Waals surface area contributed by atoms with Crippen molar-refractivity contribution in [2.24, 2.45) is 5.41 Å². The first-order chi connectivity index (χ1) is 9.98. The van der Waals surface area contributed by atoms with Crippen LogP contribution in [0, 0.1) is 21.3 Å². The van der Waals surface area contributed by atoms with E-state index >= 15 is 0 Å².